The summed E-state index contributed by atoms with van der Waals surface area (Å²) in [5.41, 5.74) is 2.07. The quantitative estimate of drug-likeness (QED) is 0.586. The molecule has 0 aliphatic carbocycles. The molecule has 1 aliphatic rings. The van der Waals surface area contributed by atoms with Crippen molar-refractivity contribution in [1.29, 1.82) is 0 Å². The van der Waals surface area contributed by atoms with Crippen LogP contribution in [-0.2, 0) is 6.18 Å². The molecule has 0 radical (unpaired) electrons. The molecule has 168 valence electrons. The minimum absolute atomic E-state index is 0.278. The highest BCUT2D eigenvalue weighted by atomic mass is 32.1. The smallest absolute Gasteiger partial charge is 0.367 e. The summed E-state index contributed by atoms with van der Waals surface area (Å²) in [4.78, 5) is 22.4. The first-order valence-electron chi connectivity index (χ1n) is 10.2. The van der Waals surface area contributed by atoms with E-state index < -0.39 is 11.7 Å². The Bertz CT molecular complexity index is 1100. The number of benzene rings is 2. The van der Waals surface area contributed by atoms with Crippen molar-refractivity contribution in [3.05, 3.63) is 64.7 Å². The molecule has 1 fully saturated rings. The van der Waals surface area contributed by atoms with E-state index in [9.17, 15) is 18.0 Å². The molecule has 1 N–H and O–H groups in total. The topological polar surface area (TPSA) is 48.5 Å². The van der Waals surface area contributed by atoms with Crippen LogP contribution in [0.5, 0.6) is 0 Å². The lowest BCUT2D eigenvalue weighted by Gasteiger charge is -2.35. The second kappa shape index (κ2) is 8.91. The van der Waals surface area contributed by atoms with Gasteiger partial charge in [0.15, 0.2) is 0 Å². The third-order valence-electron chi connectivity index (χ3n) is 5.46. The number of nitrogens with one attached hydrogen (secondary N) is 1. The van der Waals surface area contributed by atoms with Gasteiger partial charge < -0.3 is 15.1 Å². The Labute approximate surface area is 188 Å². The number of aromatic nitrogens is 1. The number of rotatable bonds is 4. The third-order valence-corrected chi connectivity index (χ3v) is 6.66. The minimum Gasteiger partial charge on any atom is -0.367 e. The molecular formula is C23H23F3N4OS. The van der Waals surface area contributed by atoms with Crippen LogP contribution in [0.3, 0.4) is 0 Å². The molecular weight excluding hydrogens is 437 g/mol. The number of amides is 1. The predicted octanol–water partition coefficient (Wildman–Crippen LogP) is 5.14. The van der Waals surface area contributed by atoms with Crippen molar-refractivity contribution in [3.8, 4) is 10.6 Å². The maximum absolute atomic E-state index is 13.0. The van der Waals surface area contributed by atoms with Crippen LogP contribution in [0, 0.1) is 6.92 Å². The molecule has 1 amide bonds. The Morgan fingerprint density at radius 1 is 1.03 bits per heavy atom. The van der Waals surface area contributed by atoms with E-state index >= 15 is 0 Å². The average Bonchev–Trinajstić information content (AvgIpc) is 3.16. The van der Waals surface area contributed by atoms with Crippen molar-refractivity contribution in [1.82, 2.24) is 9.88 Å². The van der Waals surface area contributed by atoms with E-state index in [0.29, 0.717) is 21.1 Å². The van der Waals surface area contributed by atoms with Gasteiger partial charge in [-0.25, -0.2) is 4.98 Å². The maximum Gasteiger partial charge on any atom is 0.416 e. The van der Waals surface area contributed by atoms with Crippen molar-refractivity contribution in [2.75, 3.05) is 43.4 Å². The number of hydrogen-bond acceptors (Lipinski definition) is 5. The van der Waals surface area contributed by atoms with Gasteiger partial charge in [-0.2, -0.15) is 13.2 Å². The highest BCUT2D eigenvalue weighted by molar-refractivity contribution is 7.17. The van der Waals surface area contributed by atoms with Crippen LogP contribution in [-0.4, -0.2) is 49.0 Å². The summed E-state index contributed by atoms with van der Waals surface area (Å²) in [5.74, 6) is -0.278. The van der Waals surface area contributed by atoms with Gasteiger partial charge in [-0.1, -0.05) is 24.3 Å². The molecule has 0 spiro atoms. The van der Waals surface area contributed by atoms with Gasteiger partial charge in [-0.3, -0.25) is 4.79 Å². The third kappa shape index (κ3) is 4.78. The monoisotopic (exact) mass is 460 g/mol. The molecule has 2 aromatic carbocycles. The average molecular weight is 461 g/mol. The highest BCUT2D eigenvalue weighted by Gasteiger charge is 2.30. The number of likely N-dealkylation sites (N-methyl/N-ethyl adjacent to an activating group) is 1. The zero-order valence-electron chi connectivity index (χ0n) is 17.7. The second-order valence-corrected chi connectivity index (χ2v) is 8.77. The first-order valence-corrected chi connectivity index (χ1v) is 11.0. The molecule has 3 aromatic rings. The van der Waals surface area contributed by atoms with E-state index in [0.717, 1.165) is 49.7 Å². The van der Waals surface area contributed by atoms with Gasteiger partial charge in [0.1, 0.15) is 9.88 Å². The lowest BCUT2D eigenvalue weighted by Crippen LogP contribution is -2.44. The molecule has 5 nitrogen and oxygen atoms in total. The van der Waals surface area contributed by atoms with Gasteiger partial charge >= 0.3 is 6.18 Å². The van der Waals surface area contributed by atoms with Crippen LogP contribution in [0.25, 0.3) is 10.6 Å². The fourth-order valence-electron chi connectivity index (χ4n) is 3.61. The van der Waals surface area contributed by atoms with Gasteiger partial charge in [-0.05, 0) is 38.2 Å². The summed E-state index contributed by atoms with van der Waals surface area (Å²) in [6.07, 6.45) is -4.39. The Morgan fingerprint density at radius 3 is 2.34 bits per heavy atom. The number of thiazole rings is 1. The fourth-order valence-corrected chi connectivity index (χ4v) is 4.58. The molecule has 9 heteroatoms. The summed E-state index contributed by atoms with van der Waals surface area (Å²) in [6, 6.07) is 12.5. The van der Waals surface area contributed by atoms with Crippen LogP contribution >= 0.6 is 11.3 Å². The molecule has 1 aliphatic heterocycles. The number of para-hydroxylation sites is 2. The number of alkyl halides is 3. The molecule has 1 aromatic heterocycles. The van der Waals surface area contributed by atoms with Crippen molar-refractivity contribution < 1.29 is 18.0 Å². The zero-order chi connectivity index (χ0) is 22.9. The van der Waals surface area contributed by atoms with Crippen molar-refractivity contribution in [2.24, 2.45) is 0 Å². The SMILES string of the molecule is Cc1nc(-c2ccc(C(F)(F)F)cc2)sc1C(=O)Nc1ccccc1N1CCN(C)CC1. The van der Waals surface area contributed by atoms with Gasteiger partial charge in [-0.15, -0.1) is 11.3 Å². The lowest BCUT2D eigenvalue weighted by molar-refractivity contribution is -0.137. The Kier molecular flexibility index (Phi) is 6.21. The molecule has 0 unspecified atom stereocenters. The summed E-state index contributed by atoms with van der Waals surface area (Å²) >= 11 is 1.17. The molecule has 1 saturated heterocycles. The van der Waals surface area contributed by atoms with Gasteiger partial charge in [0, 0.05) is 31.7 Å². The van der Waals surface area contributed by atoms with Gasteiger partial charge in [0.05, 0.1) is 22.6 Å². The van der Waals surface area contributed by atoms with E-state index in [4.69, 9.17) is 0 Å². The number of aryl methyl sites for hydroxylation is 1. The fraction of sp³-hybridized carbons (Fsp3) is 0.304. The summed E-state index contributed by atoms with van der Waals surface area (Å²) in [5, 5.41) is 3.51. The Hall–Kier alpha value is -2.91. The first kappa shape index (κ1) is 22.3. The maximum atomic E-state index is 13.0. The van der Waals surface area contributed by atoms with Crippen LogP contribution in [0.2, 0.25) is 0 Å². The zero-order valence-corrected chi connectivity index (χ0v) is 18.6. The lowest BCUT2D eigenvalue weighted by atomic mass is 10.1. The largest absolute Gasteiger partial charge is 0.416 e. The normalized spacial score (nSPS) is 15.1. The summed E-state index contributed by atoms with van der Waals surface area (Å²) < 4.78 is 38.5. The van der Waals surface area contributed by atoms with Gasteiger partial charge in [0.25, 0.3) is 5.91 Å². The first-order chi connectivity index (χ1) is 15.2. The van der Waals surface area contributed by atoms with Crippen molar-refractivity contribution >= 4 is 28.6 Å². The number of hydrogen-bond donors (Lipinski definition) is 1. The van der Waals surface area contributed by atoms with E-state index in [1.807, 2.05) is 24.3 Å². The van der Waals surface area contributed by atoms with Gasteiger partial charge in [0.2, 0.25) is 0 Å². The summed E-state index contributed by atoms with van der Waals surface area (Å²) in [7, 11) is 2.09. The number of piperazine rings is 1. The van der Waals surface area contributed by atoms with E-state index in [1.54, 1.807) is 6.92 Å². The molecule has 4 rings (SSSR count). The van der Waals surface area contributed by atoms with Crippen LogP contribution in [0.1, 0.15) is 20.9 Å². The van der Waals surface area contributed by atoms with Crippen LogP contribution < -0.4 is 10.2 Å². The molecule has 2 heterocycles. The molecule has 0 bridgehead atoms. The molecule has 0 saturated carbocycles. The number of nitrogens with zero attached hydrogens (tertiary/aromatic N) is 3. The standard InChI is InChI=1S/C23H23F3N4OS/c1-15-20(32-22(27-15)16-7-9-17(10-8-16)23(24,25)26)21(31)28-18-5-3-4-6-19(18)30-13-11-29(2)12-14-30/h3-10H,11-14H2,1-2H3,(H,28,31). The van der Waals surface area contributed by atoms with Crippen molar-refractivity contribution in [3.63, 3.8) is 0 Å². The number of carbonyl (C=O) groups is 1. The van der Waals surface area contributed by atoms with E-state index in [-0.39, 0.29) is 5.91 Å². The Balaban J connectivity index is 1.54. The minimum atomic E-state index is -4.39. The number of anilines is 2. The highest BCUT2D eigenvalue weighted by Crippen LogP contribution is 2.34. The van der Waals surface area contributed by atoms with E-state index in [1.165, 1.54) is 23.5 Å². The second-order valence-electron chi connectivity index (χ2n) is 7.77. The molecule has 32 heavy (non-hydrogen) atoms. The van der Waals surface area contributed by atoms with Crippen LogP contribution in [0.4, 0.5) is 24.5 Å². The summed E-state index contributed by atoms with van der Waals surface area (Å²) in [6.45, 7) is 5.38. The predicted molar refractivity (Wildman–Crippen MR) is 121 cm³/mol. The Morgan fingerprint density at radius 2 is 1.69 bits per heavy atom. The van der Waals surface area contributed by atoms with E-state index in [2.05, 4.69) is 27.1 Å². The number of carbonyl (C=O) groups excluding carboxylic acids is 1. The number of halogens is 3. The van der Waals surface area contributed by atoms with Crippen LogP contribution in [0.15, 0.2) is 48.5 Å². The molecule has 0 atom stereocenters. The van der Waals surface area contributed by atoms with Crippen molar-refractivity contribution in [2.45, 2.75) is 13.1 Å².